The van der Waals surface area contributed by atoms with Gasteiger partial charge in [0, 0.05) is 54.9 Å². The standard InChI is InChI=1S/C64H36N4O2/c65-35-43-23-28-55(67-53-26-21-39(31-50(53)62-44-11-3-1-9-37(44)19-29-56(62)67)41-17-24-48-46-13-5-7-15-58(46)69-60(48)33-41)52(36-66)64(43)68-54-27-22-40(32-51(54)63-45-12-4-2-10-38(45)20-30-57(63)68)42-18-25-49-47-14-6-8-16-59(47)70-61(49)34-42/h1-35,65H. The summed E-state index contributed by atoms with van der Waals surface area (Å²) in [7, 11) is 0. The van der Waals surface area contributed by atoms with Crippen molar-refractivity contribution in [1.29, 1.82) is 10.7 Å². The van der Waals surface area contributed by atoms with Crippen molar-refractivity contribution >= 4 is 115 Å². The highest BCUT2D eigenvalue weighted by Gasteiger charge is 2.25. The topological polar surface area (TPSA) is 83.8 Å². The first-order valence-electron chi connectivity index (χ1n) is 23.5. The van der Waals surface area contributed by atoms with Crippen LogP contribution in [0.25, 0.3) is 143 Å². The first-order chi connectivity index (χ1) is 34.6. The monoisotopic (exact) mass is 892 g/mol. The zero-order chi connectivity index (χ0) is 46.2. The van der Waals surface area contributed by atoms with Gasteiger partial charge in [-0.3, -0.25) is 0 Å². The zero-order valence-electron chi connectivity index (χ0n) is 37.4. The quantitative estimate of drug-likeness (QED) is 0.175. The highest BCUT2D eigenvalue weighted by Crippen LogP contribution is 2.45. The van der Waals surface area contributed by atoms with Crippen LogP contribution in [0.1, 0.15) is 11.1 Å². The maximum absolute atomic E-state index is 11.6. The maximum Gasteiger partial charge on any atom is 0.136 e. The van der Waals surface area contributed by atoms with Crippen molar-refractivity contribution in [2.45, 2.75) is 0 Å². The summed E-state index contributed by atoms with van der Waals surface area (Å²) in [4.78, 5) is 0. The Morgan fingerprint density at radius 1 is 0.386 bits per heavy atom. The fourth-order valence-corrected chi connectivity index (χ4v) is 11.5. The van der Waals surface area contributed by atoms with E-state index in [4.69, 9.17) is 14.2 Å². The van der Waals surface area contributed by atoms with Gasteiger partial charge in [-0.2, -0.15) is 5.26 Å². The molecule has 324 valence electrons. The lowest BCUT2D eigenvalue weighted by atomic mass is 9.99. The minimum Gasteiger partial charge on any atom is -0.456 e. The van der Waals surface area contributed by atoms with Crippen LogP contribution in [-0.4, -0.2) is 15.3 Å². The molecular formula is C64H36N4O2. The van der Waals surface area contributed by atoms with E-state index < -0.39 is 0 Å². The number of nitriles is 1. The normalized spacial score (nSPS) is 12.0. The van der Waals surface area contributed by atoms with Crippen molar-refractivity contribution < 1.29 is 8.83 Å². The third-order valence-corrected chi connectivity index (χ3v) is 14.7. The Bertz CT molecular complexity index is 4820. The van der Waals surface area contributed by atoms with Crippen LogP contribution in [0, 0.1) is 16.7 Å². The third kappa shape index (κ3) is 5.34. The molecule has 0 saturated heterocycles. The number of nitrogens with zero attached hydrogens (tertiary/aromatic N) is 3. The minimum absolute atomic E-state index is 0.471. The molecule has 0 aliphatic carbocycles. The van der Waals surface area contributed by atoms with Gasteiger partial charge in [-0.1, -0.05) is 121 Å². The molecule has 0 bridgehead atoms. The lowest BCUT2D eigenvalue weighted by molar-refractivity contribution is 0.668. The van der Waals surface area contributed by atoms with E-state index in [1.165, 1.54) is 6.21 Å². The van der Waals surface area contributed by atoms with Gasteiger partial charge in [0.05, 0.1) is 33.4 Å². The molecule has 6 heteroatoms. The van der Waals surface area contributed by atoms with Gasteiger partial charge in [-0.05, 0) is 129 Å². The second-order valence-electron chi connectivity index (χ2n) is 18.3. The van der Waals surface area contributed by atoms with E-state index in [0.717, 1.165) is 137 Å². The van der Waals surface area contributed by atoms with Crippen LogP contribution < -0.4 is 0 Å². The fourth-order valence-electron chi connectivity index (χ4n) is 11.5. The number of para-hydroxylation sites is 2. The van der Waals surface area contributed by atoms with E-state index in [1.807, 2.05) is 48.5 Å². The molecule has 0 aliphatic rings. The van der Waals surface area contributed by atoms with Gasteiger partial charge < -0.3 is 23.4 Å². The van der Waals surface area contributed by atoms with Crippen molar-refractivity contribution in [1.82, 2.24) is 9.13 Å². The predicted molar refractivity (Wildman–Crippen MR) is 288 cm³/mol. The van der Waals surface area contributed by atoms with E-state index in [1.54, 1.807) is 0 Å². The van der Waals surface area contributed by atoms with E-state index in [0.29, 0.717) is 16.8 Å². The molecule has 1 N–H and O–H groups in total. The number of hydrogen-bond donors (Lipinski definition) is 1. The first-order valence-corrected chi connectivity index (χ1v) is 23.5. The van der Waals surface area contributed by atoms with Crippen LogP contribution in [0.3, 0.4) is 0 Å². The lowest BCUT2D eigenvalue weighted by Crippen LogP contribution is -2.07. The van der Waals surface area contributed by atoms with Gasteiger partial charge >= 0.3 is 0 Å². The Kier molecular flexibility index (Phi) is 7.90. The average molecular weight is 893 g/mol. The third-order valence-electron chi connectivity index (χ3n) is 14.7. The zero-order valence-corrected chi connectivity index (χ0v) is 37.4. The maximum atomic E-state index is 11.6. The Hall–Kier alpha value is -9.70. The van der Waals surface area contributed by atoms with Gasteiger partial charge in [0.25, 0.3) is 0 Å². The molecule has 0 atom stereocenters. The molecule has 6 nitrogen and oxygen atoms in total. The second-order valence-corrected chi connectivity index (χ2v) is 18.3. The summed E-state index contributed by atoms with van der Waals surface area (Å²) in [5, 5.41) is 33.7. The summed E-state index contributed by atoms with van der Waals surface area (Å²) in [6.07, 6.45) is 1.38. The van der Waals surface area contributed by atoms with Crippen molar-refractivity contribution in [2.75, 3.05) is 0 Å². The summed E-state index contributed by atoms with van der Waals surface area (Å²) in [5.74, 6) is 0. The molecule has 0 spiro atoms. The summed E-state index contributed by atoms with van der Waals surface area (Å²) in [5.41, 5.74) is 14.0. The molecule has 15 rings (SSSR count). The molecule has 70 heavy (non-hydrogen) atoms. The predicted octanol–water partition coefficient (Wildman–Crippen LogP) is 17.2. The summed E-state index contributed by atoms with van der Waals surface area (Å²) in [6.45, 7) is 0. The minimum atomic E-state index is 0.471. The molecule has 0 amide bonds. The van der Waals surface area contributed by atoms with Gasteiger partial charge in [-0.15, -0.1) is 0 Å². The number of fused-ring (bicyclic) bond motifs is 16. The van der Waals surface area contributed by atoms with E-state index in [-0.39, 0.29) is 0 Å². The van der Waals surface area contributed by atoms with Gasteiger partial charge in [0.15, 0.2) is 0 Å². The van der Waals surface area contributed by atoms with Crippen molar-refractivity contribution in [3.05, 3.63) is 217 Å². The largest absolute Gasteiger partial charge is 0.456 e. The van der Waals surface area contributed by atoms with Crippen LogP contribution in [0.15, 0.2) is 215 Å². The van der Waals surface area contributed by atoms with E-state index in [9.17, 15) is 5.26 Å². The van der Waals surface area contributed by atoms with Crippen LogP contribution in [0.4, 0.5) is 0 Å². The molecule has 0 fully saturated rings. The fraction of sp³-hybridized carbons (Fsp3) is 0. The van der Waals surface area contributed by atoms with Crippen LogP contribution in [0.2, 0.25) is 0 Å². The van der Waals surface area contributed by atoms with Gasteiger partial charge in [0.2, 0.25) is 0 Å². The molecule has 0 unspecified atom stereocenters. The summed E-state index contributed by atoms with van der Waals surface area (Å²) in [6, 6.07) is 74.9. The van der Waals surface area contributed by atoms with Gasteiger partial charge in [0.1, 0.15) is 34.0 Å². The summed E-state index contributed by atoms with van der Waals surface area (Å²) < 4.78 is 17.1. The Labute approximate surface area is 399 Å². The molecule has 4 aromatic heterocycles. The van der Waals surface area contributed by atoms with Crippen molar-refractivity contribution in [2.24, 2.45) is 0 Å². The number of furan rings is 2. The number of aromatic nitrogens is 2. The van der Waals surface area contributed by atoms with E-state index in [2.05, 4.69) is 173 Å². The number of rotatable bonds is 5. The smallest absolute Gasteiger partial charge is 0.136 e. The average Bonchev–Trinajstić information content (AvgIpc) is 4.17. The number of hydrogen-bond acceptors (Lipinski definition) is 4. The van der Waals surface area contributed by atoms with E-state index >= 15 is 0 Å². The molecule has 15 aromatic rings. The first kappa shape index (κ1) is 38.4. The SMILES string of the molecule is N#Cc1c(-n2c3ccc(-c4ccc5c(c4)oc4ccccc45)cc3c3c4ccccc4ccc32)ccc(C=N)c1-n1c2ccc(-c3ccc4c(c3)oc3ccccc34)cc2c2c3ccccc3ccc21. The number of benzene rings is 11. The molecule has 0 radical (unpaired) electrons. The highest BCUT2D eigenvalue weighted by atomic mass is 16.3. The Morgan fingerprint density at radius 2 is 0.829 bits per heavy atom. The van der Waals surface area contributed by atoms with Crippen LogP contribution >= 0.6 is 0 Å². The molecule has 0 saturated carbocycles. The number of nitrogens with one attached hydrogen (secondary N) is 1. The van der Waals surface area contributed by atoms with Crippen molar-refractivity contribution in [3.8, 4) is 39.7 Å². The van der Waals surface area contributed by atoms with Crippen LogP contribution in [-0.2, 0) is 0 Å². The Morgan fingerprint density at radius 3 is 1.37 bits per heavy atom. The molecule has 4 heterocycles. The Balaban J connectivity index is 0.980. The highest BCUT2D eigenvalue weighted by molar-refractivity contribution is 6.24. The molecule has 11 aromatic carbocycles. The summed E-state index contributed by atoms with van der Waals surface area (Å²) >= 11 is 0. The molecule has 0 aliphatic heterocycles. The second kappa shape index (κ2) is 14.4. The lowest BCUT2D eigenvalue weighted by Gasteiger charge is -2.18. The molecular weight excluding hydrogens is 857 g/mol. The van der Waals surface area contributed by atoms with Gasteiger partial charge in [-0.25, -0.2) is 0 Å². The van der Waals surface area contributed by atoms with Crippen molar-refractivity contribution in [3.63, 3.8) is 0 Å². The van der Waals surface area contributed by atoms with Crippen LogP contribution in [0.5, 0.6) is 0 Å².